The van der Waals surface area contributed by atoms with Gasteiger partial charge in [0.05, 0.1) is 5.69 Å². The second-order valence-corrected chi connectivity index (χ2v) is 7.89. The first-order valence-electron chi connectivity index (χ1n) is 9.06. The van der Waals surface area contributed by atoms with Crippen LogP contribution in [-0.2, 0) is 0 Å². The van der Waals surface area contributed by atoms with Gasteiger partial charge >= 0.3 is 0 Å². The number of thiazole rings is 1. The minimum atomic E-state index is -0.224. The molecule has 0 N–H and O–H groups in total. The Morgan fingerprint density at radius 2 is 1.77 bits per heavy atom. The van der Waals surface area contributed by atoms with Crippen LogP contribution in [0.5, 0.6) is 0 Å². The molecule has 1 aromatic carbocycles. The normalized spacial score (nSPS) is 18.4. The summed E-state index contributed by atoms with van der Waals surface area (Å²) < 4.78 is 18.5. The van der Waals surface area contributed by atoms with Gasteiger partial charge in [-0.3, -0.25) is 0 Å². The van der Waals surface area contributed by atoms with E-state index in [0.29, 0.717) is 11.8 Å². The van der Waals surface area contributed by atoms with Crippen molar-refractivity contribution in [2.75, 3.05) is 18.0 Å². The largest absolute Gasteiger partial charge is 0.348 e. The number of anilines is 1. The molecule has 5 rings (SSSR count). The molecule has 7 heteroatoms. The first-order valence-corrected chi connectivity index (χ1v) is 9.94. The lowest BCUT2D eigenvalue weighted by atomic mass is 9.96. The molecule has 0 amide bonds. The maximum atomic E-state index is 13.1. The zero-order valence-corrected chi connectivity index (χ0v) is 15.1. The Morgan fingerprint density at radius 1 is 1.00 bits per heavy atom. The van der Waals surface area contributed by atoms with Crippen LogP contribution in [0, 0.1) is 5.82 Å². The van der Waals surface area contributed by atoms with Crippen LogP contribution in [-0.4, -0.2) is 28.2 Å². The van der Waals surface area contributed by atoms with Gasteiger partial charge in [-0.15, -0.1) is 11.3 Å². The van der Waals surface area contributed by atoms with Gasteiger partial charge in [-0.25, -0.2) is 9.37 Å². The number of hydrogen-bond acceptors (Lipinski definition) is 6. The highest BCUT2D eigenvalue weighted by Crippen LogP contribution is 2.40. The van der Waals surface area contributed by atoms with Crippen molar-refractivity contribution < 1.29 is 8.91 Å². The van der Waals surface area contributed by atoms with E-state index in [1.807, 2.05) is 5.38 Å². The molecule has 26 heavy (non-hydrogen) atoms. The van der Waals surface area contributed by atoms with E-state index in [1.54, 1.807) is 23.5 Å². The van der Waals surface area contributed by atoms with Crippen molar-refractivity contribution >= 4 is 16.5 Å². The molecule has 0 atom stereocenters. The highest BCUT2D eigenvalue weighted by Gasteiger charge is 2.32. The summed E-state index contributed by atoms with van der Waals surface area (Å²) in [6, 6.07) is 6.49. The van der Waals surface area contributed by atoms with Gasteiger partial charge in [0.25, 0.3) is 0 Å². The van der Waals surface area contributed by atoms with Gasteiger partial charge in [0.15, 0.2) is 11.0 Å². The molecule has 3 heterocycles. The standard InChI is InChI=1S/C19H19FN4OS/c20-15-5-3-12(4-6-15)16-11-26-19(21-16)24-9-7-13(8-10-24)17-22-18(25-23-17)14-1-2-14/h3-6,11,13-14H,1-2,7-10H2. The number of benzene rings is 1. The Labute approximate surface area is 154 Å². The summed E-state index contributed by atoms with van der Waals surface area (Å²) in [6.45, 7) is 1.88. The molecular formula is C19H19FN4OS. The van der Waals surface area contributed by atoms with Crippen molar-refractivity contribution in [1.82, 2.24) is 15.1 Å². The average Bonchev–Trinajstić information content (AvgIpc) is 3.20. The van der Waals surface area contributed by atoms with Crippen molar-refractivity contribution in [3.8, 4) is 11.3 Å². The minimum absolute atomic E-state index is 0.224. The van der Waals surface area contributed by atoms with Crippen molar-refractivity contribution in [1.29, 1.82) is 0 Å². The molecule has 134 valence electrons. The molecule has 2 fully saturated rings. The van der Waals surface area contributed by atoms with Gasteiger partial charge in [-0.1, -0.05) is 5.16 Å². The quantitative estimate of drug-likeness (QED) is 0.672. The summed E-state index contributed by atoms with van der Waals surface area (Å²) in [5.41, 5.74) is 1.85. The van der Waals surface area contributed by atoms with E-state index in [0.717, 1.165) is 54.0 Å². The highest BCUT2D eigenvalue weighted by molar-refractivity contribution is 7.14. The summed E-state index contributed by atoms with van der Waals surface area (Å²) in [7, 11) is 0. The SMILES string of the molecule is Fc1ccc(-c2csc(N3CCC(c4noc(C5CC5)n4)CC3)n2)cc1. The summed E-state index contributed by atoms with van der Waals surface area (Å²) in [5.74, 6) is 2.36. The van der Waals surface area contributed by atoms with Crippen LogP contribution in [0.25, 0.3) is 11.3 Å². The Kier molecular flexibility index (Phi) is 3.96. The third-order valence-corrected chi connectivity index (χ3v) is 6.05. The number of rotatable bonds is 4. The van der Waals surface area contributed by atoms with Crippen molar-refractivity contribution in [2.45, 2.75) is 37.5 Å². The Hall–Kier alpha value is -2.28. The number of nitrogens with zero attached hydrogens (tertiary/aromatic N) is 4. The molecule has 2 aliphatic rings. The lowest BCUT2D eigenvalue weighted by Gasteiger charge is -2.30. The molecule has 1 aliphatic carbocycles. The van der Waals surface area contributed by atoms with E-state index in [1.165, 1.54) is 25.0 Å². The van der Waals surface area contributed by atoms with Crippen LogP contribution < -0.4 is 4.90 Å². The molecule has 0 unspecified atom stereocenters. The van der Waals surface area contributed by atoms with Crippen LogP contribution in [0.15, 0.2) is 34.2 Å². The molecule has 1 saturated carbocycles. The molecule has 5 nitrogen and oxygen atoms in total. The molecular weight excluding hydrogens is 351 g/mol. The van der Waals surface area contributed by atoms with Crippen LogP contribution in [0.4, 0.5) is 9.52 Å². The third kappa shape index (κ3) is 3.11. The average molecular weight is 370 g/mol. The van der Waals surface area contributed by atoms with Gasteiger partial charge in [-0.2, -0.15) is 4.98 Å². The maximum Gasteiger partial charge on any atom is 0.229 e. The monoisotopic (exact) mass is 370 g/mol. The zero-order chi connectivity index (χ0) is 17.5. The van der Waals surface area contributed by atoms with Crippen molar-refractivity contribution in [2.24, 2.45) is 0 Å². The maximum absolute atomic E-state index is 13.1. The lowest BCUT2D eigenvalue weighted by Crippen LogP contribution is -2.33. The Balaban J connectivity index is 1.24. The van der Waals surface area contributed by atoms with E-state index >= 15 is 0 Å². The first kappa shape index (κ1) is 15.9. The van der Waals surface area contributed by atoms with E-state index < -0.39 is 0 Å². The van der Waals surface area contributed by atoms with Gasteiger partial charge in [0.1, 0.15) is 5.82 Å². The van der Waals surface area contributed by atoms with Crippen LogP contribution in [0.2, 0.25) is 0 Å². The lowest BCUT2D eigenvalue weighted by molar-refractivity contribution is 0.365. The fourth-order valence-electron chi connectivity index (χ4n) is 3.40. The van der Waals surface area contributed by atoms with Crippen LogP contribution in [0.1, 0.15) is 49.2 Å². The molecule has 0 spiro atoms. The number of halogens is 1. The highest BCUT2D eigenvalue weighted by atomic mass is 32.1. The van der Waals surface area contributed by atoms with Crippen molar-refractivity contribution in [3.63, 3.8) is 0 Å². The molecule has 0 bridgehead atoms. The zero-order valence-electron chi connectivity index (χ0n) is 14.3. The van der Waals surface area contributed by atoms with Crippen molar-refractivity contribution in [3.05, 3.63) is 47.2 Å². The molecule has 1 saturated heterocycles. The first-order chi connectivity index (χ1) is 12.8. The molecule has 3 aromatic rings. The second-order valence-electron chi connectivity index (χ2n) is 7.05. The van der Waals surface area contributed by atoms with Gasteiger partial charge < -0.3 is 9.42 Å². The summed E-state index contributed by atoms with van der Waals surface area (Å²) >= 11 is 1.64. The van der Waals surface area contributed by atoms with E-state index in [2.05, 4.69) is 15.0 Å². The number of hydrogen-bond donors (Lipinski definition) is 0. The predicted molar refractivity (Wildman–Crippen MR) is 98.0 cm³/mol. The molecule has 1 aliphatic heterocycles. The fourth-order valence-corrected chi connectivity index (χ4v) is 4.29. The fraction of sp³-hybridized carbons (Fsp3) is 0.421. The number of piperidine rings is 1. The third-order valence-electron chi connectivity index (χ3n) is 5.15. The van der Waals surface area contributed by atoms with Gasteiger partial charge in [0, 0.05) is 35.9 Å². The summed E-state index contributed by atoms with van der Waals surface area (Å²) in [4.78, 5) is 11.7. The Morgan fingerprint density at radius 3 is 2.50 bits per heavy atom. The van der Waals surface area contributed by atoms with Gasteiger partial charge in [-0.05, 0) is 49.9 Å². The minimum Gasteiger partial charge on any atom is -0.348 e. The van der Waals surface area contributed by atoms with E-state index in [9.17, 15) is 4.39 Å². The summed E-state index contributed by atoms with van der Waals surface area (Å²) in [6.07, 6.45) is 4.38. The van der Waals surface area contributed by atoms with Crippen LogP contribution in [0.3, 0.4) is 0 Å². The smallest absolute Gasteiger partial charge is 0.229 e. The molecule has 2 aromatic heterocycles. The van der Waals surface area contributed by atoms with E-state index in [4.69, 9.17) is 9.51 Å². The number of aromatic nitrogens is 3. The van der Waals surface area contributed by atoms with Gasteiger partial charge in [0.2, 0.25) is 5.89 Å². The predicted octanol–water partition coefficient (Wildman–Crippen LogP) is 4.59. The topological polar surface area (TPSA) is 55.1 Å². The summed E-state index contributed by atoms with van der Waals surface area (Å²) in [5, 5.41) is 7.26. The molecule has 0 radical (unpaired) electrons. The van der Waals surface area contributed by atoms with E-state index in [-0.39, 0.29) is 5.82 Å². The second kappa shape index (κ2) is 6.46. The van der Waals surface area contributed by atoms with Crippen LogP contribution >= 0.6 is 11.3 Å². The Bertz CT molecular complexity index is 894.